The first-order valence-electron chi connectivity index (χ1n) is 12.1. The number of thioether (sulfide) groups is 2. The van der Waals surface area contributed by atoms with Crippen molar-refractivity contribution >= 4 is 35.5 Å². The fourth-order valence-corrected chi connectivity index (χ4v) is 7.90. The summed E-state index contributed by atoms with van der Waals surface area (Å²) >= 11 is 4.24. The maximum Gasteiger partial charge on any atom is 0.303 e. The number of rotatable bonds is 10. The van der Waals surface area contributed by atoms with E-state index in [0.717, 1.165) is 37.7 Å². The Labute approximate surface area is 208 Å². The molecule has 0 aromatic carbocycles. The highest BCUT2D eigenvalue weighted by atomic mass is 32.2. The standard InChI is InChI=1S/C26H42O5S2/c1-19(2)11-14-26(32-16-17-33-26)20(3)8-7-13-25(6)24(31-22(5)28)10-9-23(18-30-25)12-15-29-21(4)27/h11-12,20,24H,7-10,13-18H2,1-6H3/t20?,24-,25+/m1/s1. The lowest BCUT2D eigenvalue weighted by atomic mass is 9.87. The van der Waals surface area contributed by atoms with Gasteiger partial charge in [0.2, 0.25) is 0 Å². The average Bonchev–Trinajstić information content (AvgIpc) is 3.17. The summed E-state index contributed by atoms with van der Waals surface area (Å²) in [7, 11) is 0. The molecule has 0 bridgehead atoms. The quantitative estimate of drug-likeness (QED) is 0.258. The van der Waals surface area contributed by atoms with Crippen LogP contribution in [0, 0.1) is 5.92 Å². The first kappa shape index (κ1) is 28.3. The Hall–Kier alpha value is -0.920. The molecule has 2 fully saturated rings. The number of carbonyl (C=O) groups excluding carboxylic acids is 2. The zero-order valence-electron chi connectivity index (χ0n) is 21.2. The molecular weight excluding hydrogens is 456 g/mol. The van der Waals surface area contributed by atoms with E-state index in [1.165, 1.54) is 30.9 Å². The third-order valence-electron chi connectivity index (χ3n) is 6.59. The summed E-state index contributed by atoms with van der Waals surface area (Å²) in [5.74, 6) is 2.48. The van der Waals surface area contributed by atoms with Crippen LogP contribution >= 0.6 is 23.5 Å². The zero-order valence-corrected chi connectivity index (χ0v) is 22.9. The molecule has 0 aliphatic carbocycles. The molecular formula is C26H42O5S2. The highest BCUT2D eigenvalue weighted by molar-refractivity contribution is 8.21. The van der Waals surface area contributed by atoms with Crippen LogP contribution in [0.4, 0.5) is 0 Å². The number of allylic oxidation sites excluding steroid dienone is 2. The summed E-state index contributed by atoms with van der Waals surface area (Å²) in [4.78, 5) is 22.9. The SMILES string of the molecule is CC(=O)OCC=C1CC[C@@H](OC(C)=O)[C@](C)(CCCC(C)C2(CC=C(C)C)SCCS2)OC1. The van der Waals surface area contributed by atoms with Crippen LogP contribution in [0.2, 0.25) is 0 Å². The van der Waals surface area contributed by atoms with E-state index in [1.54, 1.807) is 0 Å². The molecule has 0 aromatic rings. The normalized spacial score (nSPS) is 27.0. The lowest BCUT2D eigenvalue weighted by Gasteiger charge is -2.37. The molecule has 7 heteroatoms. The molecule has 0 aromatic heterocycles. The second kappa shape index (κ2) is 13.2. The van der Waals surface area contributed by atoms with Crippen molar-refractivity contribution in [1.82, 2.24) is 0 Å². The van der Waals surface area contributed by atoms with Crippen LogP contribution in [0.5, 0.6) is 0 Å². The Morgan fingerprint density at radius 2 is 1.88 bits per heavy atom. The number of esters is 2. The third kappa shape index (κ3) is 8.99. The van der Waals surface area contributed by atoms with Gasteiger partial charge in [-0.3, -0.25) is 9.59 Å². The van der Waals surface area contributed by atoms with Crippen LogP contribution in [0.3, 0.4) is 0 Å². The molecule has 2 aliphatic heterocycles. The van der Waals surface area contributed by atoms with Gasteiger partial charge in [-0.25, -0.2) is 0 Å². The fourth-order valence-electron chi connectivity index (χ4n) is 4.50. The van der Waals surface area contributed by atoms with E-state index in [1.807, 2.05) is 6.08 Å². The van der Waals surface area contributed by atoms with Crippen molar-refractivity contribution in [3.63, 3.8) is 0 Å². The van der Waals surface area contributed by atoms with Gasteiger partial charge in [-0.15, -0.1) is 23.5 Å². The van der Waals surface area contributed by atoms with E-state index in [4.69, 9.17) is 14.2 Å². The lowest BCUT2D eigenvalue weighted by Crippen LogP contribution is -2.44. The van der Waals surface area contributed by atoms with Crippen molar-refractivity contribution in [1.29, 1.82) is 0 Å². The molecule has 2 heterocycles. The van der Waals surface area contributed by atoms with Crippen LogP contribution < -0.4 is 0 Å². The average molecular weight is 499 g/mol. The number of ether oxygens (including phenoxy) is 3. The van der Waals surface area contributed by atoms with Gasteiger partial charge in [-0.05, 0) is 70.4 Å². The second-order valence-corrected chi connectivity index (χ2v) is 12.8. The number of hydrogen-bond acceptors (Lipinski definition) is 7. The molecule has 0 saturated carbocycles. The van der Waals surface area contributed by atoms with E-state index < -0.39 is 5.60 Å². The van der Waals surface area contributed by atoms with Gasteiger partial charge in [0, 0.05) is 25.4 Å². The van der Waals surface area contributed by atoms with Gasteiger partial charge in [0.25, 0.3) is 0 Å². The summed E-state index contributed by atoms with van der Waals surface area (Å²) in [6.45, 7) is 12.4. The lowest BCUT2D eigenvalue weighted by molar-refractivity contribution is -0.167. The minimum atomic E-state index is -0.522. The van der Waals surface area contributed by atoms with Gasteiger partial charge in [0.1, 0.15) is 18.3 Å². The predicted molar refractivity (Wildman–Crippen MR) is 139 cm³/mol. The van der Waals surface area contributed by atoms with Gasteiger partial charge in [0.05, 0.1) is 10.7 Å². The largest absolute Gasteiger partial charge is 0.462 e. The molecule has 2 aliphatic rings. The Kier molecular flexibility index (Phi) is 11.4. The second-order valence-electron chi connectivity index (χ2n) is 9.69. The highest BCUT2D eigenvalue weighted by Gasteiger charge is 2.42. The molecule has 2 rings (SSSR count). The highest BCUT2D eigenvalue weighted by Crippen LogP contribution is 2.53. The van der Waals surface area contributed by atoms with E-state index >= 15 is 0 Å². The Balaban J connectivity index is 2.01. The van der Waals surface area contributed by atoms with Crippen LogP contribution in [0.25, 0.3) is 0 Å². The Bertz CT molecular complexity index is 722. The summed E-state index contributed by atoms with van der Waals surface area (Å²) in [6.07, 6.45) is 9.63. The van der Waals surface area contributed by atoms with E-state index in [2.05, 4.69) is 57.3 Å². The fraction of sp³-hybridized carbons (Fsp3) is 0.769. The predicted octanol–water partition coefficient (Wildman–Crippen LogP) is 6.32. The molecule has 0 amide bonds. The molecule has 0 radical (unpaired) electrons. The summed E-state index contributed by atoms with van der Waals surface area (Å²) in [5.41, 5.74) is 1.95. The Morgan fingerprint density at radius 1 is 1.18 bits per heavy atom. The summed E-state index contributed by atoms with van der Waals surface area (Å²) in [5, 5.41) is 0. The van der Waals surface area contributed by atoms with Crippen LogP contribution in [-0.2, 0) is 23.8 Å². The molecule has 33 heavy (non-hydrogen) atoms. The van der Waals surface area contributed by atoms with Gasteiger partial charge < -0.3 is 14.2 Å². The summed E-state index contributed by atoms with van der Waals surface area (Å²) in [6, 6.07) is 0. The number of carbonyl (C=O) groups is 2. The molecule has 2 saturated heterocycles. The first-order chi connectivity index (χ1) is 15.6. The van der Waals surface area contributed by atoms with Gasteiger partial charge >= 0.3 is 11.9 Å². The van der Waals surface area contributed by atoms with E-state index in [0.29, 0.717) is 18.9 Å². The molecule has 188 valence electrons. The van der Waals surface area contributed by atoms with Gasteiger partial charge in [-0.1, -0.05) is 25.0 Å². The van der Waals surface area contributed by atoms with Crippen molar-refractivity contribution in [3.8, 4) is 0 Å². The number of hydrogen-bond donors (Lipinski definition) is 0. The van der Waals surface area contributed by atoms with Crippen molar-refractivity contribution in [3.05, 3.63) is 23.3 Å². The molecule has 0 N–H and O–H groups in total. The van der Waals surface area contributed by atoms with Crippen molar-refractivity contribution in [2.45, 2.75) is 95.9 Å². The third-order valence-corrected chi connectivity index (χ3v) is 10.5. The van der Waals surface area contributed by atoms with Crippen LogP contribution in [-0.4, -0.2) is 52.4 Å². The minimum Gasteiger partial charge on any atom is -0.462 e. The first-order valence-corrected chi connectivity index (χ1v) is 14.1. The van der Waals surface area contributed by atoms with Crippen LogP contribution in [0.15, 0.2) is 23.3 Å². The molecule has 5 nitrogen and oxygen atoms in total. The van der Waals surface area contributed by atoms with Crippen LogP contribution in [0.1, 0.15) is 80.1 Å². The van der Waals surface area contributed by atoms with Crippen molar-refractivity contribution in [2.75, 3.05) is 24.7 Å². The van der Waals surface area contributed by atoms with E-state index in [9.17, 15) is 9.59 Å². The maximum absolute atomic E-state index is 11.8. The monoisotopic (exact) mass is 498 g/mol. The van der Waals surface area contributed by atoms with Gasteiger partial charge in [-0.2, -0.15) is 0 Å². The van der Waals surface area contributed by atoms with Crippen molar-refractivity contribution < 1.29 is 23.8 Å². The van der Waals surface area contributed by atoms with Crippen molar-refractivity contribution in [2.24, 2.45) is 5.92 Å². The molecule has 3 atom stereocenters. The van der Waals surface area contributed by atoms with E-state index in [-0.39, 0.29) is 28.7 Å². The maximum atomic E-state index is 11.8. The topological polar surface area (TPSA) is 61.8 Å². The smallest absolute Gasteiger partial charge is 0.303 e. The molecule has 0 spiro atoms. The van der Waals surface area contributed by atoms with Gasteiger partial charge in [0.15, 0.2) is 0 Å². The summed E-state index contributed by atoms with van der Waals surface area (Å²) < 4.78 is 17.4. The zero-order chi connectivity index (χ0) is 24.5. The molecule has 1 unspecified atom stereocenters. The Morgan fingerprint density at radius 3 is 2.48 bits per heavy atom. The minimum absolute atomic E-state index is 0.254.